The second kappa shape index (κ2) is 15.0. The van der Waals surface area contributed by atoms with Gasteiger partial charge in [0.25, 0.3) is 0 Å². The monoisotopic (exact) mass is 382 g/mol. The Morgan fingerprint density at radius 2 is 1.60 bits per heavy atom. The fourth-order valence-corrected chi connectivity index (χ4v) is 2.53. The van der Waals surface area contributed by atoms with E-state index in [1.54, 1.807) is 0 Å². The van der Waals surface area contributed by atoms with E-state index in [1.165, 1.54) is 32.1 Å². The van der Waals surface area contributed by atoms with Gasteiger partial charge in [0, 0.05) is 0 Å². The summed E-state index contributed by atoms with van der Waals surface area (Å²) in [6.45, 7) is 2.07. The van der Waals surface area contributed by atoms with Crippen molar-refractivity contribution in [1.29, 1.82) is 0 Å². The fraction of sp³-hybridized carbons (Fsp3) is 0.647. The predicted molar refractivity (Wildman–Crippen MR) is 90.2 cm³/mol. The molecule has 0 N–H and O–H groups in total. The van der Waals surface area contributed by atoms with Crippen molar-refractivity contribution >= 4 is 10.4 Å². The third kappa shape index (κ3) is 14.7. The molecule has 0 saturated carbocycles. The van der Waals surface area contributed by atoms with Gasteiger partial charge in [0.1, 0.15) is 18.5 Å². The van der Waals surface area contributed by atoms with E-state index in [4.69, 9.17) is 4.74 Å². The van der Waals surface area contributed by atoms with Crippen LogP contribution in [0, 0.1) is 0 Å². The number of hydrogen-bond acceptors (Lipinski definition) is 6. The van der Waals surface area contributed by atoms with Crippen molar-refractivity contribution < 1.29 is 56.5 Å². The molecular formula is C17H27NaO6S. The van der Waals surface area contributed by atoms with Gasteiger partial charge in [-0.05, 0) is 25.0 Å². The van der Waals surface area contributed by atoms with Gasteiger partial charge in [-0.25, -0.2) is 13.3 Å². The van der Waals surface area contributed by atoms with E-state index >= 15 is 0 Å². The third-order valence-electron chi connectivity index (χ3n) is 3.56. The first-order valence-electron chi connectivity index (χ1n) is 8.50. The number of benzene rings is 1. The van der Waals surface area contributed by atoms with Gasteiger partial charge in [0.05, 0.1) is 0 Å². The summed E-state index contributed by atoms with van der Waals surface area (Å²) in [5.74, 6) is 0.666. The Bertz CT molecular complexity index is 523. The maximum Gasteiger partial charge on any atom is 1.00 e. The van der Waals surface area contributed by atoms with Crippen LogP contribution < -0.4 is 34.3 Å². The van der Waals surface area contributed by atoms with Crippen molar-refractivity contribution in [3.63, 3.8) is 0 Å². The van der Waals surface area contributed by atoms with Gasteiger partial charge in [-0.3, -0.25) is 0 Å². The van der Waals surface area contributed by atoms with Gasteiger partial charge in [0.2, 0.25) is 10.4 Å². The molecule has 0 spiro atoms. The predicted octanol–water partition coefficient (Wildman–Crippen LogP) is 0.987. The quantitative estimate of drug-likeness (QED) is 0.119. The summed E-state index contributed by atoms with van der Waals surface area (Å²) < 4.78 is 40.8. The molecule has 1 atom stereocenters. The van der Waals surface area contributed by atoms with Crippen molar-refractivity contribution in [2.45, 2.75) is 64.4 Å². The molecule has 0 fully saturated rings. The molecule has 0 radical (unpaired) electrons. The zero-order valence-corrected chi connectivity index (χ0v) is 18.0. The summed E-state index contributed by atoms with van der Waals surface area (Å²) in [4.78, 5) is 4.52. The normalized spacial score (nSPS) is 12.4. The Morgan fingerprint density at radius 3 is 2.20 bits per heavy atom. The van der Waals surface area contributed by atoms with Crippen LogP contribution in [0.25, 0.3) is 0 Å². The maximum absolute atomic E-state index is 10.4. The van der Waals surface area contributed by atoms with Gasteiger partial charge >= 0.3 is 29.6 Å². The minimum atomic E-state index is -4.86. The molecule has 1 unspecified atom stereocenters. The molecule has 0 aliphatic heterocycles. The molecule has 0 saturated heterocycles. The molecule has 0 aliphatic rings. The third-order valence-corrected chi connectivity index (χ3v) is 3.82. The van der Waals surface area contributed by atoms with Crippen LogP contribution in [-0.4, -0.2) is 25.7 Å². The Morgan fingerprint density at radius 1 is 1.00 bits per heavy atom. The van der Waals surface area contributed by atoms with E-state index in [9.17, 15) is 13.0 Å². The van der Waals surface area contributed by atoms with Crippen LogP contribution >= 0.6 is 0 Å². The molecule has 0 aliphatic carbocycles. The van der Waals surface area contributed by atoms with Crippen LogP contribution in [0.4, 0.5) is 0 Å². The molecule has 0 amide bonds. The smallest absolute Gasteiger partial charge is 0.724 e. The Labute approximate surface area is 173 Å². The zero-order chi connectivity index (χ0) is 17.7. The summed E-state index contributed by atoms with van der Waals surface area (Å²) in [6, 6.07) is 9.19. The second-order valence-corrected chi connectivity index (χ2v) is 6.68. The van der Waals surface area contributed by atoms with E-state index in [0.29, 0.717) is 12.2 Å². The van der Waals surface area contributed by atoms with Gasteiger partial charge in [0.15, 0.2) is 0 Å². The minimum Gasteiger partial charge on any atom is -0.724 e. The Kier molecular flexibility index (Phi) is 14.9. The Hall–Kier alpha value is -0.150. The summed E-state index contributed by atoms with van der Waals surface area (Å²) in [5, 5.41) is 0. The van der Waals surface area contributed by atoms with Crippen molar-refractivity contribution in [2.75, 3.05) is 6.61 Å². The number of unbranched alkanes of at least 4 members (excludes halogenated alkanes) is 6. The van der Waals surface area contributed by atoms with Gasteiger partial charge in [-0.2, -0.15) is 0 Å². The van der Waals surface area contributed by atoms with Crippen molar-refractivity contribution in [2.24, 2.45) is 0 Å². The van der Waals surface area contributed by atoms with Crippen LogP contribution in [0.1, 0.15) is 58.3 Å². The van der Waals surface area contributed by atoms with E-state index < -0.39 is 10.4 Å². The molecular weight excluding hydrogens is 355 g/mol. The van der Waals surface area contributed by atoms with Gasteiger partial charge in [-0.15, -0.1) is 4.33 Å². The van der Waals surface area contributed by atoms with Crippen LogP contribution in [0.15, 0.2) is 30.3 Å². The largest absolute Gasteiger partial charge is 1.00 e. The number of hydrogen-bond donors (Lipinski definition) is 0. The van der Waals surface area contributed by atoms with E-state index in [0.717, 1.165) is 12.8 Å². The molecule has 138 valence electrons. The zero-order valence-electron chi connectivity index (χ0n) is 15.2. The molecule has 0 bridgehead atoms. The summed E-state index contributed by atoms with van der Waals surface area (Å²) in [6.07, 6.45) is 8.52. The maximum atomic E-state index is 10.4. The minimum absolute atomic E-state index is 0. The van der Waals surface area contributed by atoms with Crippen LogP contribution in [0.5, 0.6) is 5.75 Å². The van der Waals surface area contributed by atoms with Crippen LogP contribution in [0.2, 0.25) is 0 Å². The summed E-state index contributed by atoms with van der Waals surface area (Å²) in [7, 11) is -4.86. The van der Waals surface area contributed by atoms with Gasteiger partial charge < -0.3 is 9.29 Å². The van der Waals surface area contributed by atoms with Crippen molar-refractivity contribution in [1.82, 2.24) is 0 Å². The molecule has 1 aromatic rings. The van der Waals surface area contributed by atoms with Gasteiger partial charge in [-0.1, -0.05) is 63.6 Å². The molecule has 1 rings (SSSR count). The molecule has 0 aromatic heterocycles. The number of ether oxygens (including phenoxy) is 1. The van der Waals surface area contributed by atoms with E-state index in [2.05, 4.69) is 16.1 Å². The molecule has 6 nitrogen and oxygen atoms in total. The molecule has 25 heavy (non-hydrogen) atoms. The number of rotatable bonds is 14. The van der Waals surface area contributed by atoms with Crippen LogP contribution in [0.3, 0.4) is 0 Å². The van der Waals surface area contributed by atoms with E-state index in [-0.39, 0.29) is 42.3 Å². The van der Waals surface area contributed by atoms with E-state index in [1.807, 2.05) is 30.3 Å². The first kappa shape index (κ1) is 24.8. The first-order chi connectivity index (χ1) is 11.5. The standard InChI is InChI=1S/C17H28O6S.Na/c1-2-3-4-5-6-7-9-14-17(15-21-23-24(18,19)20)22-16-12-10-8-11-13-16;/h8,10-13,17H,2-7,9,14-15H2,1H3,(H,18,19,20);/q;+1/p-1. The molecule has 8 heteroatoms. The first-order valence-corrected chi connectivity index (χ1v) is 9.83. The number of para-hydroxylation sites is 1. The topological polar surface area (TPSA) is 84.9 Å². The summed E-state index contributed by atoms with van der Waals surface area (Å²) in [5.41, 5.74) is 0. The van der Waals surface area contributed by atoms with Crippen molar-refractivity contribution in [3.05, 3.63) is 30.3 Å². The molecule has 1 aromatic carbocycles. The Balaban J connectivity index is 0.00000576. The average molecular weight is 382 g/mol. The average Bonchev–Trinajstić information content (AvgIpc) is 2.53. The second-order valence-electron chi connectivity index (χ2n) is 5.72. The van der Waals surface area contributed by atoms with Crippen molar-refractivity contribution in [3.8, 4) is 5.75 Å². The summed E-state index contributed by atoms with van der Waals surface area (Å²) >= 11 is 0. The fourth-order valence-electron chi connectivity index (χ4n) is 2.36. The van der Waals surface area contributed by atoms with Crippen LogP contribution in [-0.2, 0) is 19.6 Å². The molecule has 0 heterocycles. The SMILES string of the molecule is CCCCCCCCCC(COOS(=O)(=O)[O-])Oc1ccccc1.[Na+].